The molecule has 0 fully saturated rings. The molecule has 0 aliphatic rings. The Labute approximate surface area is 276 Å². The van der Waals surface area contributed by atoms with Crippen molar-refractivity contribution in [2.24, 2.45) is 0 Å². The molecule has 0 aliphatic carbocycles. The Bertz CT molecular complexity index is 1650. The van der Waals surface area contributed by atoms with Crippen LogP contribution in [-0.4, -0.2) is 0 Å². The molecule has 0 bridgehead atoms. The second-order valence-corrected chi connectivity index (χ2v) is 13.5. The molecular weight excluding hydrogens is 553 g/mol. The van der Waals surface area contributed by atoms with E-state index in [1.165, 1.54) is 89.0 Å². The Hall–Kier alpha value is -4.68. The van der Waals surface area contributed by atoms with Crippen molar-refractivity contribution in [1.82, 2.24) is 0 Å². The molecule has 0 aliphatic heterocycles. The Balaban J connectivity index is 1.48. The van der Waals surface area contributed by atoms with Gasteiger partial charge in [-0.15, -0.1) is 0 Å². The molecule has 0 atom stereocenters. The predicted molar refractivity (Wildman–Crippen MR) is 197 cm³/mol. The van der Waals surface area contributed by atoms with Crippen LogP contribution in [0.1, 0.15) is 77.9 Å². The van der Waals surface area contributed by atoms with E-state index in [0.29, 0.717) is 0 Å². The van der Waals surface area contributed by atoms with Crippen molar-refractivity contribution in [2.45, 2.75) is 67.2 Å². The Kier molecular flexibility index (Phi) is 9.36. The molecule has 0 heteroatoms. The van der Waals surface area contributed by atoms with Gasteiger partial charge in [0.15, 0.2) is 0 Å². The summed E-state index contributed by atoms with van der Waals surface area (Å²) >= 11 is 0. The van der Waals surface area contributed by atoms with Crippen molar-refractivity contribution in [3.63, 3.8) is 0 Å². The van der Waals surface area contributed by atoms with Crippen LogP contribution in [0.2, 0.25) is 0 Å². The molecule has 0 amide bonds. The molecule has 46 heavy (non-hydrogen) atoms. The van der Waals surface area contributed by atoms with Crippen LogP contribution in [0.15, 0.2) is 121 Å². The molecule has 0 spiro atoms. The van der Waals surface area contributed by atoms with Gasteiger partial charge in [-0.2, -0.15) is 0 Å². The Morgan fingerprint density at radius 1 is 0.283 bits per heavy atom. The molecule has 0 heterocycles. The van der Waals surface area contributed by atoms with Crippen molar-refractivity contribution < 1.29 is 0 Å². The van der Waals surface area contributed by atoms with Crippen molar-refractivity contribution in [3.8, 4) is 11.1 Å². The van der Waals surface area contributed by atoms with E-state index >= 15 is 0 Å². The number of rotatable bonds is 9. The lowest BCUT2D eigenvalue weighted by molar-refractivity contribution is 1.08. The van der Waals surface area contributed by atoms with Gasteiger partial charge in [0.2, 0.25) is 0 Å². The molecule has 0 nitrogen and oxygen atoms in total. The van der Waals surface area contributed by atoms with Gasteiger partial charge in [0.25, 0.3) is 0 Å². The van der Waals surface area contributed by atoms with Crippen LogP contribution in [0.3, 0.4) is 0 Å². The first-order valence-electron chi connectivity index (χ1n) is 16.7. The van der Waals surface area contributed by atoms with Gasteiger partial charge in [0, 0.05) is 0 Å². The van der Waals surface area contributed by atoms with Gasteiger partial charge in [-0.3, -0.25) is 0 Å². The Morgan fingerprint density at radius 2 is 0.478 bits per heavy atom. The topological polar surface area (TPSA) is 0 Å². The zero-order valence-corrected chi connectivity index (χ0v) is 28.4. The maximum absolute atomic E-state index is 2.46. The first kappa shape index (κ1) is 31.3. The number of hydrogen-bond acceptors (Lipinski definition) is 0. The highest BCUT2D eigenvalue weighted by atomic mass is 14.2. The minimum absolute atomic E-state index is 0.930. The van der Waals surface area contributed by atoms with Crippen molar-refractivity contribution in [3.05, 3.63) is 199 Å². The van der Waals surface area contributed by atoms with Crippen molar-refractivity contribution >= 4 is 0 Å². The first-order chi connectivity index (χ1) is 22.2. The van der Waals surface area contributed by atoms with Crippen LogP contribution in [0.4, 0.5) is 0 Å². The largest absolute Gasteiger partial charge is 0.0590 e. The monoisotopic (exact) mass is 598 g/mol. The standard InChI is InChI=1S/C46H46/c1-31-7-15-37(16-8-31)23-41-27-45(28-42(35(41)5)24-38-17-9-32(2)10-18-38)46-29-43(25-39-19-11-33(3)12-20-39)36(6)44(30-46)26-40-21-13-34(4)14-22-40/h7-22,27-30H,23-26H2,1-6H3. The average Bonchev–Trinajstić information content (AvgIpc) is 3.05. The van der Waals surface area contributed by atoms with E-state index in [9.17, 15) is 0 Å². The summed E-state index contributed by atoms with van der Waals surface area (Å²) in [5.74, 6) is 0. The lowest BCUT2D eigenvalue weighted by atomic mass is 9.86. The quantitative estimate of drug-likeness (QED) is 0.155. The highest BCUT2D eigenvalue weighted by Gasteiger charge is 2.15. The third-order valence-corrected chi connectivity index (χ3v) is 9.64. The molecule has 0 radical (unpaired) electrons. The number of benzene rings is 6. The molecule has 0 aromatic heterocycles. The van der Waals surface area contributed by atoms with Gasteiger partial charge in [-0.1, -0.05) is 144 Å². The van der Waals surface area contributed by atoms with Crippen LogP contribution in [-0.2, 0) is 25.7 Å². The highest BCUT2D eigenvalue weighted by Crippen LogP contribution is 2.33. The molecule has 0 saturated heterocycles. The fourth-order valence-electron chi connectivity index (χ4n) is 6.45. The van der Waals surface area contributed by atoms with Crippen LogP contribution in [0, 0.1) is 41.5 Å². The summed E-state index contributed by atoms with van der Waals surface area (Å²) in [4.78, 5) is 0. The van der Waals surface area contributed by atoms with Gasteiger partial charge in [-0.25, -0.2) is 0 Å². The highest BCUT2D eigenvalue weighted by molar-refractivity contribution is 5.70. The fraction of sp³-hybridized carbons (Fsp3) is 0.217. The van der Waals surface area contributed by atoms with Gasteiger partial charge < -0.3 is 0 Å². The predicted octanol–water partition coefficient (Wildman–Crippen LogP) is 11.6. The summed E-state index contributed by atoms with van der Waals surface area (Å²) in [7, 11) is 0. The smallest absolute Gasteiger partial charge is 0.00228 e. The van der Waals surface area contributed by atoms with Gasteiger partial charge in [0.05, 0.1) is 0 Å². The maximum Gasteiger partial charge on any atom is -0.00228 e. The summed E-state index contributed by atoms with van der Waals surface area (Å²) in [6, 6.07) is 46.0. The molecule has 6 aromatic carbocycles. The van der Waals surface area contributed by atoms with E-state index in [1.54, 1.807) is 0 Å². The van der Waals surface area contributed by atoms with E-state index in [2.05, 4.69) is 163 Å². The molecule has 0 unspecified atom stereocenters. The third-order valence-electron chi connectivity index (χ3n) is 9.64. The minimum atomic E-state index is 0.930. The van der Waals surface area contributed by atoms with Crippen LogP contribution >= 0.6 is 0 Å². The van der Waals surface area contributed by atoms with E-state index in [-0.39, 0.29) is 0 Å². The minimum Gasteiger partial charge on any atom is -0.0590 e. The molecule has 6 rings (SSSR count). The summed E-state index contributed by atoms with van der Waals surface area (Å²) in [5, 5.41) is 0. The van der Waals surface area contributed by atoms with Crippen LogP contribution < -0.4 is 0 Å². The third kappa shape index (κ3) is 7.57. The summed E-state index contributed by atoms with van der Waals surface area (Å²) in [5.41, 5.74) is 21.7. The second-order valence-electron chi connectivity index (χ2n) is 13.5. The van der Waals surface area contributed by atoms with E-state index in [4.69, 9.17) is 0 Å². The Morgan fingerprint density at radius 3 is 0.674 bits per heavy atom. The average molecular weight is 599 g/mol. The summed E-state index contributed by atoms with van der Waals surface area (Å²) in [6.45, 7) is 13.3. The molecule has 0 N–H and O–H groups in total. The second kappa shape index (κ2) is 13.8. The summed E-state index contributed by atoms with van der Waals surface area (Å²) < 4.78 is 0. The zero-order valence-electron chi connectivity index (χ0n) is 28.4. The molecular formula is C46H46. The van der Waals surface area contributed by atoms with Crippen molar-refractivity contribution in [1.29, 1.82) is 0 Å². The fourth-order valence-corrected chi connectivity index (χ4v) is 6.45. The van der Waals surface area contributed by atoms with Gasteiger partial charge in [0.1, 0.15) is 0 Å². The normalized spacial score (nSPS) is 11.2. The lowest BCUT2D eigenvalue weighted by Crippen LogP contribution is -2.03. The van der Waals surface area contributed by atoms with Gasteiger partial charge in [-0.05, 0) is 134 Å². The maximum atomic E-state index is 2.46. The summed E-state index contributed by atoms with van der Waals surface area (Å²) in [6.07, 6.45) is 3.72. The first-order valence-corrected chi connectivity index (χ1v) is 16.7. The molecule has 6 aromatic rings. The van der Waals surface area contributed by atoms with E-state index < -0.39 is 0 Å². The zero-order chi connectivity index (χ0) is 32.2. The van der Waals surface area contributed by atoms with Crippen LogP contribution in [0.5, 0.6) is 0 Å². The van der Waals surface area contributed by atoms with Crippen molar-refractivity contribution in [2.75, 3.05) is 0 Å². The number of hydrogen-bond donors (Lipinski definition) is 0. The molecule has 0 saturated carbocycles. The SMILES string of the molecule is Cc1ccc(Cc2cc(-c3cc(Cc4ccc(C)cc4)c(C)c(Cc4ccc(C)cc4)c3)cc(Cc3ccc(C)cc3)c2C)cc1. The number of aryl methyl sites for hydroxylation is 4. The van der Waals surface area contributed by atoms with Crippen LogP contribution in [0.25, 0.3) is 11.1 Å². The lowest BCUT2D eigenvalue weighted by Gasteiger charge is -2.19. The molecule has 230 valence electrons. The van der Waals surface area contributed by atoms with Gasteiger partial charge >= 0.3 is 0 Å². The van der Waals surface area contributed by atoms with E-state index in [0.717, 1.165) is 25.7 Å². The van der Waals surface area contributed by atoms with E-state index in [1.807, 2.05) is 0 Å².